The molecule has 0 heterocycles. The van der Waals surface area contributed by atoms with E-state index in [1.165, 1.54) is 0 Å². The highest BCUT2D eigenvalue weighted by Gasteiger charge is 2.43. The van der Waals surface area contributed by atoms with Crippen LogP contribution in [-0.2, 0) is 4.43 Å². The summed E-state index contributed by atoms with van der Waals surface area (Å²) in [6, 6.07) is 0. The van der Waals surface area contributed by atoms with Crippen molar-refractivity contribution in [2.24, 2.45) is 0 Å². The van der Waals surface area contributed by atoms with Crippen molar-refractivity contribution in [3.05, 3.63) is 24.0 Å². The maximum absolute atomic E-state index is 9.33. The molecule has 0 aromatic heterocycles. The fourth-order valence-corrected chi connectivity index (χ4v) is 4.60. The molecule has 0 saturated heterocycles. The summed E-state index contributed by atoms with van der Waals surface area (Å²) in [7, 11) is -1.76. The van der Waals surface area contributed by atoms with Gasteiger partial charge in [0, 0.05) is 6.42 Å². The number of hydrogen-bond donors (Lipinski definition) is 1. The second-order valence-electron chi connectivity index (χ2n) is 5.82. The standard InChI is InChI=1S/C12H21IO2Si/c1-11(2,3)16(4,5)15-12(13)8-6-10(14)7-9-12/h6-8,14H,9H2,1-5H3. The van der Waals surface area contributed by atoms with E-state index < -0.39 is 8.32 Å². The first kappa shape index (κ1) is 14.2. The quantitative estimate of drug-likeness (QED) is 0.449. The molecule has 0 spiro atoms. The number of aliphatic hydroxyl groups excluding tert-OH is 1. The third-order valence-corrected chi connectivity index (χ3v) is 9.25. The summed E-state index contributed by atoms with van der Waals surface area (Å²) in [6.45, 7) is 11.2. The highest BCUT2D eigenvalue weighted by molar-refractivity contribution is 14.1. The lowest BCUT2D eigenvalue weighted by molar-refractivity contribution is 0.207. The minimum Gasteiger partial charge on any atom is -0.508 e. The molecule has 1 unspecified atom stereocenters. The predicted molar refractivity (Wildman–Crippen MR) is 79.5 cm³/mol. The van der Waals surface area contributed by atoms with Crippen LogP contribution < -0.4 is 0 Å². The fourth-order valence-electron chi connectivity index (χ4n) is 1.24. The van der Waals surface area contributed by atoms with Gasteiger partial charge < -0.3 is 9.53 Å². The zero-order valence-electron chi connectivity index (χ0n) is 10.7. The molecule has 1 aliphatic rings. The van der Waals surface area contributed by atoms with E-state index in [2.05, 4.69) is 56.5 Å². The molecule has 92 valence electrons. The van der Waals surface area contributed by atoms with E-state index in [9.17, 15) is 5.11 Å². The van der Waals surface area contributed by atoms with E-state index in [1.54, 1.807) is 6.08 Å². The van der Waals surface area contributed by atoms with Crippen LogP contribution in [0.25, 0.3) is 0 Å². The lowest BCUT2D eigenvalue weighted by Gasteiger charge is -2.42. The molecule has 0 aromatic rings. The average Bonchev–Trinajstić information content (AvgIpc) is 2.08. The Morgan fingerprint density at radius 2 is 2.00 bits per heavy atom. The largest absolute Gasteiger partial charge is 0.508 e. The first-order chi connectivity index (χ1) is 7.06. The molecule has 0 aromatic carbocycles. The maximum atomic E-state index is 9.33. The molecule has 1 atom stereocenters. The van der Waals surface area contributed by atoms with Crippen LogP contribution >= 0.6 is 22.6 Å². The number of rotatable bonds is 2. The zero-order valence-corrected chi connectivity index (χ0v) is 13.8. The van der Waals surface area contributed by atoms with Crippen LogP contribution in [0.3, 0.4) is 0 Å². The van der Waals surface area contributed by atoms with Gasteiger partial charge in [-0.3, -0.25) is 0 Å². The van der Waals surface area contributed by atoms with Gasteiger partial charge in [0.2, 0.25) is 0 Å². The Kier molecular flexibility index (Phi) is 3.97. The van der Waals surface area contributed by atoms with E-state index in [-0.39, 0.29) is 8.65 Å². The molecule has 1 N–H and O–H groups in total. The topological polar surface area (TPSA) is 29.5 Å². The van der Waals surface area contributed by atoms with Gasteiger partial charge in [-0.1, -0.05) is 20.8 Å². The van der Waals surface area contributed by atoms with Crippen molar-refractivity contribution in [3.63, 3.8) is 0 Å². The van der Waals surface area contributed by atoms with E-state index in [1.807, 2.05) is 12.2 Å². The molecular formula is C12H21IO2Si. The van der Waals surface area contributed by atoms with E-state index in [4.69, 9.17) is 4.43 Å². The monoisotopic (exact) mass is 352 g/mol. The Balaban J connectivity index is 2.79. The van der Waals surface area contributed by atoms with Gasteiger partial charge in [0.05, 0.1) is 0 Å². The highest BCUT2D eigenvalue weighted by Crippen LogP contribution is 2.43. The normalized spacial score (nSPS) is 26.8. The molecule has 0 radical (unpaired) electrons. The molecule has 16 heavy (non-hydrogen) atoms. The molecule has 4 heteroatoms. The number of aliphatic hydroxyl groups is 1. The van der Waals surface area contributed by atoms with Gasteiger partial charge in [-0.05, 0) is 59.0 Å². The number of hydrogen-bond acceptors (Lipinski definition) is 2. The number of alkyl halides is 1. The third-order valence-electron chi connectivity index (χ3n) is 3.32. The lowest BCUT2D eigenvalue weighted by Crippen LogP contribution is -2.46. The first-order valence-electron chi connectivity index (χ1n) is 5.53. The van der Waals surface area contributed by atoms with Crippen LogP contribution in [0.1, 0.15) is 27.2 Å². The molecule has 2 nitrogen and oxygen atoms in total. The van der Waals surface area contributed by atoms with Crippen LogP contribution in [0, 0.1) is 0 Å². The van der Waals surface area contributed by atoms with Gasteiger partial charge >= 0.3 is 0 Å². The molecule has 1 rings (SSSR count). The van der Waals surface area contributed by atoms with E-state index in [0.717, 1.165) is 6.42 Å². The Bertz CT molecular complexity index is 328. The van der Waals surface area contributed by atoms with Gasteiger partial charge in [0.25, 0.3) is 0 Å². The second-order valence-corrected chi connectivity index (χ2v) is 12.4. The summed E-state index contributed by atoms with van der Waals surface area (Å²) in [5.74, 6) is 0.339. The van der Waals surface area contributed by atoms with Crippen LogP contribution in [0.15, 0.2) is 24.0 Å². The minimum absolute atomic E-state index is 0.211. The van der Waals surface area contributed by atoms with Crippen LogP contribution in [0.2, 0.25) is 18.1 Å². The summed E-state index contributed by atoms with van der Waals surface area (Å²) in [4.78, 5) is 0. The third kappa shape index (κ3) is 3.34. The zero-order chi connectivity index (χ0) is 12.6. The molecular weight excluding hydrogens is 331 g/mol. The molecule has 0 aliphatic heterocycles. The van der Waals surface area contributed by atoms with Crippen molar-refractivity contribution in [1.29, 1.82) is 0 Å². The fraction of sp³-hybridized carbons (Fsp3) is 0.667. The van der Waals surface area contributed by atoms with E-state index in [0.29, 0.717) is 5.76 Å². The number of allylic oxidation sites excluding steroid dienone is 1. The van der Waals surface area contributed by atoms with Gasteiger partial charge in [-0.25, -0.2) is 0 Å². The maximum Gasteiger partial charge on any atom is 0.194 e. The van der Waals surface area contributed by atoms with Crippen molar-refractivity contribution in [3.8, 4) is 0 Å². The minimum atomic E-state index is -1.76. The van der Waals surface area contributed by atoms with Gasteiger partial charge in [-0.15, -0.1) is 0 Å². The summed E-state index contributed by atoms with van der Waals surface area (Å²) in [5.41, 5.74) is 0. The summed E-state index contributed by atoms with van der Waals surface area (Å²) >= 11 is 2.34. The summed E-state index contributed by atoms with van der Waals surface area (Å²) < 4.78 is 6.08. The molecule has 0 bridgehead atoms. The number of halogens is 1. The van der Waals surface area contributed by atoms with Crippen molar-refractivity contribution in [1.82, 2.24) is 0 Å². The Labute approximate surface area is 113 Å². The smallest absolute Gasteiger partial charge is 0.194 e. The average molecular weight is 352 g/mol. The van der Waals surface area contributed by atoms with Crippen LogP contribution in [-0.4, -0.2) is 17.0 Å². The van der Waals surface area contributed by atoms with Crippen LogP contribution in [0.4, 0.5) is 0 Å². The van der Waals surface area contributed by atoms with Crippen molar-refractivity contribution >= 4 is 30.9 Å². The molecule has 0 fully saturated rings. The summed E-state index contributed by atoms with van der Waals surface area (Å²) in [5, 5.41) is 9.54. The predicted octanol–water partition coefficient (Wildman–Crippen LogP) is 4.54. The van der Waals surface area contributed by atoms with Gasteiger partial charge in [0.1, 0.15) is 9.37 Å². The van der Waals surface area contributed by atoms with E-state index >= 15 is 0 Å². The van der Waals surface area contributed by atoms with Crippen molar-refractivity contribution in [2.45, 2.75) is 48.9 Å². The molecule has 1 aliphatic carbocycles. The Morgan fingerprint density at radius 3 is 2.38 bits per heavy atom. The second kappa shape index (κ2) is 4.46. The molecule has 0 saturated carbocycles. The van der Waals surface area contributed by atoms with Gasteiger partial charge in [-0.2, -0.15) is 0 Å². The lowest BCUT2D eigenvalue weighted by atomic mass is 10.1. The SMILES string of the molecule is CC(C)(C)[Si](C)(C)OC1(I)C=CC(O)=CC1. The van der Waals surface area contributed by atoms with Crippen LogP contribution in [0.5, 0.6) is 0 Å². The Morgan fingerprint density at radius 1 is 1.44 bits per heavy atom. The van der Waals surface area contributed by atoms with Crippen molar-refractivity contribution < 1.29 is 9.53 Å². The summed E-state index contributed by atoms with van der Waals surface area (Å²) in [6.07, 6.45) is 6.24. The van der Waals surface area contributed by atoms with Crippen molar-refractivity contribution in [2.75, 3.05) is 0 Å². The highest BCUT2D eigenvalue weighted by atomic mass is 127. The first-order valence-corrected chi connectivity index (χ1v) is 9.52. The Hall–Kier alpha value is 0.187. The van der Waals surface area contributed by atoms with Gasteiger partial charge in [0.15, 0.2) is 8.32 Å². The molecule has 0 amide bonds.